The average Bonchev–Trinajstić information content (AvgIpc) is 2.32. The summed E-state index contributed by atoms with van der Waals surface area (Å²) in [4.78, 5) is 25.5. The second-order valence-corrected chi connectivity index (χ2v) is 6.16. The van der Waals surface area contributed by atoms with Crippen LogP contribution in [0, 0.1) is 17.8 Å². The molecule has 5 nitrogen and oxygen atoms in total. The van der Waals surface area contributed by atoms with Crippen LogP contribution in [0.1, 0.15) is 33.6 Å². The Bertz CT molecular complexity index is 344. The van der Waals surface area contributed by atoms with Gasteiger partial charge in [-0.15, -0.1) is 0 Å². The molecule has 5 unspecified atom stereocenters. The fourth-order valence-corrected chi connectivity index (χ4v) is 2.82. The minimum absolute atomic E-state index is 0.0439. The molecule has 110 valence electrons. The maximum Gasteiger partial charge on any atom is 0.244 e. The number of amides is 2. The van der Waals surface area contributed by atoms with E-state index in [1.54, 1.807) is 21.0 Å². The smallest absolute Gasteiger partial charge is 0.244 e. The number of carbonyl (C=O) groups excluding carboxylic acids is 2. The van der Waals surface area contributed by atoms with Gasteiger partial charge in [0.05, 0.1) is 0 Å². The summed E-state index contributed by atoms with van der Waals surface area (Å²) in [5.41, 5.74) is 6.05. The minimum atomic E-state index is -0.481. The summed E-state index contributed by atoms with van der Waals surface area (Å²) in [6, 6.07) is -0.405. The first-order valence-electron chi connectivity index (χ1n) is 7.01. The Morgan fingerprint density at radius 1 is 1.21 bits per heavy atom. The number of likely N-dealkylation sites (N-methyl/N-ethyl adjacent to an activating group) is 1. The van der Waals surface area contributed by atoms with Crippen LogP contribution in [0.3, 0.4) is 0 Å². The molecule has 0 radical (unpaired) electrons. The van der Waals surface area contributed by atoms with Crippen molar-refractivity contribution < 1.29 is 9.59 Å². The zero-order valence-electron chi connectivity index (χ0n) is 12.6. The quantitative estimate of drug-likeness (QED) is 0.787. The maximum atomic E-state index is 12.3. The SMILES string of the molecule is CC(NC(=O)C1CC(N)C(C)CC1C)C(=O)N(C)C. The molecule has 1 aliphatic carbocycles. The summed E-state index contributed by atoms with van der Waals surface area (Å²) in [7, 11) is 3.37. The van der Waals surface area contributed by atoms with E-state index >= 15 is 0 Å². The van der Waals surface area contributed by atoms with Crippen LogP contribution in [-0.4, -0.2) is 42.9 Å². The van der Waals surface area contributed by atoms with Crippen molar-refractivity contribution in [3.05, 3.63) is 0 Å². The van der Waals surface area contributed by atoms with Gasteiger partial charge >= 0.3 is 0 Å². The van der Waals surface area contributed by atoms with Crippen molar-refractivity contribution >= 4 is 11.8 Å². The van der Waals surface area contributed by atoms with Crippen LogP contribution >= 0.6 is 0 Å². The largest absolute Gasteiger partial charge is 0.347 e. The molecule has 1 aliphatic rings. The van der Waals surface area contributed by atoms with Crippen molar-refractivity contribution in [1.29, 1.82) is 0 Å². The molecule has 0 aromatic carbocycles. The predicted molar refractivity (Wildman–Crippen MR) is 75.3 cm³/mol. The molecule has 3 N–H and O–H groups in total. The second kappa shape index (κ2) is 6.37. The van der Waals surface area contributed by atoms with Crippen molar-refractivity contribution in [3.63, 3.8) is 0 Å². The van der Waals surface area contributed by atoms with Crippen molar-refractivity contribution in [2.75, 3.05) is 14.1 Å². The molecule has 19 heavy (non-hydrogen) atoms. The van der Waals surface area contributed by atoms with E-state index in [9.17, 15) is 9.59 Å². The number of nitrogens with two attached hydrogens (primary N) is 1. The lowest BCUT2D eigenvalue weighted by atomic mass is 9.72. The Morgan fingerprint density at radius 3 is 2.32 bits per heavy atom. The highest BCUT2D eigenvalue weighted by molar-refractivity contribution is 5.88. The van der Waals surface area contributed by atoms with Crippen LogP contribution in [0.5, 0.6) is 0 Å². The molecule has 1 fully saturated rings. The average molecular weight is 269 g/mol. The van der Waals surface area contributed by atoms with E-state index in [-0.39, 0.29) is 23.8 Å². The van der Waals surface area contributed by atoms with E-state index in [2.05, 4.69) is 19.2 Å². The summed E-state index contributed by atoms with van der Waals surface area (Å²) >= 11 is 0. The molecule has 0 aliphatic heterocycles. The first-order valence-corrected chi connectivity index (χ1v) is 7.01. The highest BCUT2D eigenvalue weighted by Crippen LogP contribution is 2.32. The Hall–Kier alpha value is -1.10. The van der Waals surface area contributed by atoms with E-state index in [0.717, 1.165) is 6.42 Å². The highest BCUT2D eigenvalue weighted by atomic mass is 16.2. The predicted octanol–water partition coefficient (Wildman–Crippen LogP) is 0.589. The molecule has 0 heterocycles. The molecule has 0 spiro atoms. The molecule has 0 saturated heterocycles. The first-order chi connectivity index (χ1) is 8.73. The number of carbonyl (C=O) groups is 2. The molecule has 2 amide bonds. The normalized spacial score (nSPS) is 32.5. The van der Waals surface area contributed by atoms with Gasteiger partial charge in [-0.2, -0.15) is 0 Å². The van der Waals surface area contributed by atoms with Crippen molar-refractivity contribution in [2.45, 2.75) is 45.7 Å². The van der Waals surface area contributed by atoms with E-state index < -0.39 is 6.04 Å². The lowest BCUT2D eigenvalue weighted by Gasteiger charge is -2.36. The summed E-state index contributed by atoms with van der Waals surface area (Å²) < 4.78 is 0. The van der Waals surface area contributed by atoms with Gasteiger partial charge in [-0.25, -0.2) is 0 Å². The third-order valence-corrected chi connectivity index (χ3v) is 4.19. The van der Waals surface area contributed by atoms with Gasteiger partial charge in [0.2, 0.25) is 11.8 Å². The minimum Gasteiger partial charge on any atom is -0.347 e. The van der Waals surface area contributed by atoms with Crippen LogP contribution in [0.15, 0.2) is 0 Å². The van der Waals surface area contributed by atoms with E-state index in [0.29, 0.717) is 18.3 Å². The molecular formula is C14H27N3O2. The van der Waals surface area contributed by atoms with Gasteiger partial charge < -0.3 is 16.0 Å². The van der Waals surface area contributed by atoms with Gasteiger partial charge in [0, 0.05) is 26.1 Å². The fraction of sp³-hybridized carbons (Fsp3) is 0.857. The Morgan fingerprint density at radius 2 is 1.79 bits per heavy atom. The Balaban J connectivity index is 2.60. The van der Waals surface area contributed by atoms with Crippen molar-refractivity contribution in [2.24, 2.45) is 23.5 Å². The number of nitrogens with one attached hydrogen (secondary N) is 1. The molecular weight excluding hydrogens is 242 g/mol. The maximum absolute atomic E-state index is 12.3. The number of hydrogen-bond donors (Lipinski definition) is 2. The Kier molecular flexibility index (Phi) is 5.35. The first kappa shape index (κ1) is 16.0. The zero-order chi connectivity index (χ0) is 14.7. The third-order valence-electron chi connectivity index (χ3n) is 4.19. The number of rotatable bonds is 3. The van der Waals surface area contributed by atoms with Gasteiger partial charge in [0.1, 0.15) is 6.04 Å². The van der Waals surface area contributed by atoms with Crippen LogP contribution < -0.4 is 11.1 Å². The standard InChI is InChI=1S/C14H27N3O2/c1-8-6-9(2)12(15)7-11(8)13(18)16-10(3)14(19)17(4)5/h8-12H,6-7,15H2,1-5H3,(H,16,18). The van der Waals surface area contributed by atoms with E-state index in [4.69, 9.17) is 5.73 Å². The molecule has 0 aromatic rings. The topological polar surface area (TPSA) is 75.4 Å². The van der Waals surface area contributed by atoms with E-state index in [1.807, 2.05) is 0 Å². The van der Waals surface area contributed by atoms with Crippen LogP contribution in [0.4, 0.5) is 0 Å². The van der Waals surface area contributed by atoms with Crippen LogP contribution in [0.2, 0.25) is 0 Å². The second-order valence-electron chi connectivity index (χ2n) is 6.16. The molecule has 1 rings (SSSR count). The van der Waals surface area contributed by atoms with Crippen LogP contribution in [-0.2, 0) is 9.59 Å². The Labute approximate surface area is 115 Å². The highest BCUT2D eigenvalue weighted by Gasteiger charge is 2.35. The number of nitrogens with zero attached hydrogens (tertiary/aromatic N) is 1. The van der Waals surface area contributed by atoms with Crippen molar-refractivity contribution in [1.82, 2.24) is 10.2 Å². The zero-order valence-corrected chi connectivity index (χ0v) is 12.6. The third kappa shape index (κ3) is 3.93. The lowest BCUT2D eigenvalue weighted by Crippen LogP contribution is -2.50. The fourth-order valence-electron chi connectivity index (χ4n) is 2.82. The van der Waals surface area contributed by atoms with Gasteiger partial charge in [-0.05, 0) is 31.6 Å². The molecule has 5 heteroatoms. The number of hydrogen-bond acceptors (Lipinski definition) is 3. The van der Waals surface area contributed by atoms with Gasteiger partial charge in [0.15, 0.2) is 0 Å². The van der Waals surface area contributed by atoms with Crippen LogP contribution in [0.25, 0.3) is 0 Å². The summed E-state index contributed by atoms with van der Waals surface area (Å²) in [6.45, 7) is 5.94. The molecule has 5 atom stereocenters. The molecule has 0 bridgehead atoms. The molecule has 1 saturated carbocycles. The van der Waals surface area contributed by atoms with E-state index in [1.165, 1.54) is 4.90 Å². The summed E-state index contributed by atoms with van der Waals surface area (Å²) in [5.74, 6) is 0.562. The lowest BCUT2D eigenvalue weighted by molar-refractivity contribution is -0.136. The molecule has 0 aromatic heterocycles. The summed E-state index contributed by atoms with van der Waals surface area (Å²) in [6.07, 6.45) is 1.67. The summed E-state index contributed by atoms with van der Waals surface area (Å²) in [5, 5.41) is 2.81. The van der Waals surface area contributed by atoms with Gasteiger partial charge in [-0.3, -0.25) is 9.59 Å². The monoisotopic (exact) mass is 269 g/mol. The van der Waals surface area contributed by atoms with Crippen molar-refractivity contribution in [3.8, 4) is 0 Å². The van der Waals surface area contributed by atoms with Gasteiger partial charge in [0.25, 0.3) is 0 Å². The van der Waals surface area contributed by atoms with Gasteiger partial charge in [-0.1, -0.05) is 13.8 Å².